The summed E-state index contributed by atoms with van der Waals surface area (Å²) in [5.41, 5.74) is 2.36. The van der Waals surface area contributed by atoms with Crippen LogP contribution < -0.4 is 5.32 Å². The number of nitrogens with zero attached hydrogens (tertiary/aromatic N) is 2. The predicted molar refractivity (Wildman–Crippen MR) is 56.1 cm³/mol. The van der Waals surface area contributed by atoms with Crippen molar-refractivity contribution < 1.29 is 5.11 Å². The first kappa shape index (κ1) is 11.2. The Morgan fingerprint density at radius 3 is 2.86 bits per heavy atom. The van der Waals surface area contributed by atoms with Crippen molar-refractivity contribution in [2.75, 3.05) is 13.2 Å². The van der Waals surface area contributed by atoms with Gasteiger partial charge in [0.15, 0.2) is 0 Å². The van der Waals surface area contributed by atoms with Gasteiger partial charge in [-0.3, -0.25) is 4.68 Å². The molecule has 0 unspecified atom stereocenters. The molecule has 0 atom stereocenters. The third kappa shape index (κ3) is 2.82. The van der Waals surface area contributed by atoms with Crippen LogP contribution in [0.2, 0.25) is 0 Å². The molecule has 0 aliphatic heterocycles. The number of aliphatic hydroxyl groups excluding tert-OH is 1. The zero-order valence-corrected chi connectivity index (χ0v) is 9.12. The summed E-state index contributed by atoms with van der Waals surface area (Å²) >= 11 is 0. The highest BCUT2D eigenvalue weighted by molar-refractivity contribution is 5.19. The van der Waals surface area contributed by atoms with Crippen LogP contribution in [0, 0.1) is 0 Å². The molecule has 0 amide bonds. The minimum absolute atomic E-state index is 0.178. The van der Waals surface area contributed by atoms with E-state index in [0.717, 1.165) is 12.2 Å². The van der Waals surface area contributed by atoms with Crippen LogP contribution >= 0.6 is 0 Å². The van der Waals surface area contributed by atoms with E-state index in [4.69, 9.17) is 5.11 Å². The molecule has 1 heterocycles. The molecule has 2 N–H and O–H groups in total. The molecule has 4 heteroatoms. The number of hydrogen-bond acceptors (Lipinski definition) is 3. The van der Waals surface area contributed by atoms with E-state index >= 15 is 0 Å². The van der Waals surface area contributed by atoms with Crippen LogP contribution in [0.5, 0.6) is 0 Å². The van der Waals surface area contributed by atoms with Gasteiger partial charge in [-0.1, -0.05) is 13.8 Å². The highest BCUT2D eigenvalue weighted by Gasteiger charge is 2.10. The fraction of sp³-hybridized carbons (Fsp3) is 0.700. The van der Waals surface area contributed by atoms with E-state index in [1.165, 1.54) is 5.56 Å². The van der Waals surface area contributed by atoms with Gasteiger partial charge in [-0.25, -0.2) is 0 Å². The Hall–Kier alpha value is -0.870. The van der Waals surface area contributed by atoms with Gasteiger partial charge < -0.3 is 10.4 Å². The van der Waals surface area contributed by atoms with E-state index < -0.39 is 0 Å². The Kier molecular flexibility index (Phi) is 4.10. The van der Waals surface area contributed by atoms with Crippen LogP contribution in [0.4, 0.5) is 0 Å². The molecule has 1 rings (SSSR count). The summed E-state index contributed by atoms with van der Waals surface area (Å²) < 4.78 is 1.84. The van der Waals surface area contributed by atoms with Gasteiger partial charge in [0, 0.05) is 31.9 Å². The largest absolute Gasteiger partial charge is 0.395 e. The minimum Gasteiger partial charge on any atom is -0.395 e. The summed E-state index contributed by atoms with van der Waals surface area (Å²) in [6, 6.07) is 0. The summed E-state index contributed by atoms with van der Waals surface area (Å²) in [6.45, 7) is 5.86. The summed E-state index contributed by atoms with van der Waals surface area (Å²) in [7, 11) is 1.93. The maximum atomic E-state index is 8.64. The quantitative estimate of drug-likeness (QED) is 0.681. The fourth-order valence-corrected chi connectivity index (χ4v) is 1.48. The van der Waals surface area contributed by atoms with Gasteiger partial charge in [0.1, 0.15) is 0 Å². The van der Waals surface area contributed by atoms with Crippen LogP contribution in [0.3, 0.4) is 0 Å². The van der Waals surface area contributed by atoms with E-state index in [2.05, 4.69) is 24.3 Å². The van der Waals surface area contributed by atoms with Gasteiger partial charge in [-0.2, -0.15) is 5.10 Å². The molecule has 0 aromatic carbocycles. The number of rotatable bonds is 5. The Bertz CT molecular complexity index is 281. The first-order valence-electron chi connectivity index (χ1n) is 4.99. The second kappa shape index (κ2) is 5.12. The van der Waals surface area contributed by atoms with Crippen molar-refractivity contribution in [1.82, 2.24) is 15.1 Å². The van der Waals surface area contributed by atoms with Crippen LogP contribution in [0.1, 0.15) is 31.0 Å². The van der Waals surface area contributed by atoms with Crippen LogP contribution in [-0.2, 0) is 13.6 Å². The van der Waals surface area contributed by atoms with E-state index in [9.17, 15) is 0 Å². The van der Waals surface area contributed by atoms with Gasteiger partial charge >= 0.3 is 0 Å². The van der Waals surface area contributed by atoms with Gasteiger partial charge in [0.2, 0.25) is 0 Å². The maximum absolute atomic E-state index is 8.64. The molecule has 0 spiro atoms. The smallest absolute Gasteiger partial charge is 0.0694 e. The van der Waals surface area contributed by atoms with Crippen molar-refractivity contribution in [3.8, 4) is 0 Å². The molecule has 4 nitrogen and oxygen atoms in total. The second-order valence-electron chi connectivity index (χ2n) is 3.77. The average molecular weight is 197 g/mol. The fourth-order valence-electron chi connectivity index (χ4n) is 1.48. The molecular formula is C10H19N3O. The summed E-state index contributed by atoms with van der Waals surface area (Å²) in [5, 5.41) is 16.2. The molecular weight excluding hydrogens is 178 g/mol. The second-order valence-corrected chi connectivity index (χ2v) is 3.77. The lowest BCUT2D eigenvalue weighted by Gasteiger charge is -2.05. The highest BCUT2D eigenvalue weighted by Crippen LogP contribution is 2.16. The Labute approximate surface area is 84.9 Å². The zero-order valence-electron chi connectivity index (χ0n) is 9.12. The zero-order chi connectivity index (χ0) is 10.6. The van der Waals surface area contributed by atoms with E-state index in [1.807, 2.05) is 17.9 Å². The summed E-state index contributed by atoms with van der Waals surface area (Å²) in [5.74, 6) is 0.446. The standard InChI is InChI=1S/C10H19N3O/c1-8(2)10-9(6-11-4-5-14)7-13(3)12-10/h7-8,11,14H,4-6H2,1-3H3. The third-order valence-electron chi connectivity index (χ3n) is 2.09. The van der Waals surface area contributed by atoms with Crippen LogP contribution in [0.15, 0.2) is 6.20 Å². The normalized spacial score (nSPS) is 11.2. The van der Waals surface area contributed by atoms with Gasteiger partial charge in [-0.05, 0) is 5.92 Å². The first-order valence-corrected chi connectivity index (χ1v) is 4.99. The molecule has 0 saturated heterocycles. The first-order chi connectivity index (χ1) is 6.65. The minimum atomic E-state index is 0.178. The van der Waals surface area contributed by atoms with Crippen molar-refractivity contribution in [3.05, 3.63) is 17.5 Å². The SMILES string of the molecule is CC(C)c1nn(C)cc1CNCCO. The van der Waals surface area contributed by atoms with Crippen molar-refractivity contribution in [2.24, 2.45) is 7.05 Å². The number of hydrogen-bond donors (Lipinski definition) is 2. The van der Waals surface area contributed by atoms with Gasteiger partial charge in [-0.15, -0.1) is 0 Å². The molecule has 0 saturated carbocycles. The molecule has 0 fully saturated rings. The average Bonchev–Trinajstić information content (AvgIpc) is 2.47. The highest BCUT2D eigenvalue weighted by atomic mass is 16.3. The summed E-state index contributed by atoms with van der Waals surface area (Å²) in [6.07, 6.45) is 2.03. The Balaban J connectivity index is 2.64. The van der Waals surface area contributed by atoms with Gasteiger partial charge in [0.05, 0.1) is 12.3 Å². The molecule has 0 radical (unpaired) electrons. The topological polar surface area (TPSA) is 50.1 Å². The molecule has 0 aliphatic carbocycles. The lowest BCUT2D eigenvalue weighted by atomic mass is 10.1. The molecule has 14 heavy (non-hydrogen) atoms. The van der Waals surface area contributed by atoms with E-state index in [1.54, 1.807) is 0 Å². The van der Waals surface area contributed by atoms with E-state index in [-0.39, 0.29) is 6.61 Å². The molecule has 1 aromatic heterocycles. The number of aliphatic hydroxyl groups is 1. The predicted octanol–water partition coefficient (Wildman–Crippen LogP) is 0.625. The van der Waals surface area contributed by atoms with E-state index in [0.29, 0.717) is 12.5 Å². The lowest BCUT2D eigenvalue weighted by Crippen LogP contribution is -2.18. The Morgan fingerprint density at radius 2 is 2.29 bits per heavy atom. The Morgan fingerprint density at radius 1 is 1.57 bits per heavy atom. The van der Waals surface area contributed by atoms with Gasteiger partial charge in [0.25, 0.3) is 0 Å². The van der Waals surface area contributed by atoms with Crippen LogP contribution in [-0.4, -0.2) is 28.0 Å². The monoisotopic (exact) mass is 197 g/mol. The molecule has 0 aliphatic rings. The molecule has 0 bridgehead atoms. The summed E-state index contributed by atoms with van der Waals surface area (Å²) in [4.78, 5) is 0. The van der Waals surface area contributed by atoms with Crippen molar-refractivity contribution >= 4 is 0 Å². The maximum Gasteiger partial charge on any atom is 0.0694 e. The number of aryl methyl sites for hydroxylation is 1. The molecule has 80 valence electrons. The van der Waals surface area contributed by atoms with Crippen LogP contribution in [0.25, 0.3) is 0 Å². The van der Waals surface area contributed by atoms with Crippen molar-refractivity contribution in [3.63, 3.8) is 0 Å². The lowest BCUT2D eigenvalue weighted by molar-refractivity contribution is 0.292. The number of aromatic nitrogens is 2. The van der Waals surface area contributed by atoms with Crippen molar-refractivity contribution in [1.29, 1.82) is 0 Å². The number of nitrogens with one attached hydrogen (secondary N) is 1. The third-order valence-corrected chi connectivity index (χ3v) is 2.09. The molecule has 1 aromatic rings. The van der Waals surface area contributed by atoms with Crippen molar-refractivity contribution in [2.45, 2.75) is 26.3 Å².